The predicted molar refractivity (Wildman–Crippen MR) is 88.2 cm³/mol. The molecule has 6 nitrogen and oxygen atoms in total. The quantitative estimate of drug-likeness (QED) is 0.895. The molecule has 0 aliphatic carbocycles. The molecule has 0 amide bonds. The van der Waals surface area contributed by atoms with Crippen LogP contribution in [0.15, 0.2) is 53.7 Å². The van der Waals surface area contributed by atoms with E-state index in [4.69, 9.17) is 5.11 Å². The maximum Gasteiger partial charge on any atom is 0.335 e. The zero-order valence-corrected chi connectivity index (χ0v) is 13.8. The molecular formula is C17H18N2O4S. The molecule has 126 valence electrons. The van der Waals surface area contributed by atoms with Crippen LogP contribution in [0.2, 0.25) is 0 Å². The molecule has 3 rings (SSSR count). The molecule has 1 atom stereocenters. The topological polar surface area (TPSA) is 87.6 Å². The second-order valence-electron chi connectivity index (χ2n) is 5.90. The number of nitrogens with zero attached hydrogens (tertiary/aromatic N) is 2. The summed E-state index contributed by atoms with van der Waals surface area (Å²) in [5.74, 6) is -0.915. The summed E-state index contributed by atoms with van der Waals surface area (Å²) in [6, 6.07) is 12.4. The van der Waals surface area contributed by atoms with Gasteiger partial charge in [-0.3, -0.25) is 0 Å². The molecule has 1 aliphatic rings. The van der Waals surface area contributed by atoms with Crippen LogP contribution in [0.1, 0.15) is 22.3 Å². The highest BCUT2D eigenvalue weighted by molar-refractivity contribution is 7.89. The van der Waals surface area contributed by atoms with Crippen molar-refractivity contribution in [2.24, 2.45) is 5.92 Å². The highest BCUT2D eigenvalue weighted by atomic mass is 32.2. The third-order valence-corrected chi connectivity index (χ3v) is 5.97. The van der Waals surface area contributed by atoms with Gasteiger partial charge in [-0.05, 0) is 36.5 Å². The number of carbonyl (C=O) groups is 1. The number of carboxylic acid groups (broad SMARTS) is 1. The average molecular weight is 346 g/mol. The molecule has 1 aromatic heterocycles. The van der Waals surface area contributed by atoms with Crippen molar-refractivity contribution >= 4 is 16.0 Å². The van der Waals surface area contributed by atoms with E-state index in [0.29, 0.717) is 13.1 Å². The molecule has 7 heteroatoms. The van der Waals surface area contributed by atoms with Crippen molar-refractivity contribution in [2.45, 2.75) is 17.9 Å². The lowest BCUT2D eigenvalue weighted by atomic mass is 9.99. The smallest absolute Gasteiger partial charge is 0.335 e. The molecule has 0 spiro atoms. The number of aromatic carboxylic acids is 1. The Balaban J connectivity index is 1.74. The maximum absolute atomic E-state index is 12.7. The molecule has 0 bridgehead atoms. The zero-order chi connectivity index (χ0) is 17.2. The summed E-state index contributed by atoms with van der Waals surface area (Å²) in [7, 11) is -3.76. The molecule has 1 aromatic carbocycles. The largest absolute Gasteiger partial charge is 0.478 e. The van der Waals surface area contributed by atoms with E-state index in [1.165, 1.54) is 22.1 Å². The normalized spacial score (nSPS) is 18.6. The van der Waals surface area contributed by atoms with Crippen LogP contribution in [0, 0.1) is 5.92 Å². The molecule has 2 heterocycles. The third-order valence-electron chi connectivity index (χ3n) is 4.20. The van der Waals surface area contributed by atoms with Crippen molar-refractivity contribution in [2.75, 3.05) is 13.1 Å². The number of rotatable bonds is 5. The van der Waals surface area contributed by atoms with Gasteiger partial charge in [-0.25, -0.2) is 18.2 Å². The van der Waals surface area contributed by atoms with Gasteiger partial charge in [0.15, 0.2) is 5.03 Å². The molecule has 1 N–H and O–H groups in total. The predicted octanol–water partition coefficient (Wildman–Crippen LogP) is 2.03. The van der Waals surface area contributed by atoms with Crippen molar-refractivity contribution in [1.29, 1.82) is 0 Å². The molecule has 1 aliphatic heterocycles. The van der Waals surface area contributed by atoms with Crippen molar-refractivity contribution in [3.05, 3.63) is 59.8 Å². The Morgan fingerprint density at radius 2 is 2.00 bits per heavy atom. The van der Waals surface area contributed by atoms with Crippen LogP contribution in [-0.4, -0.2) is 41.9 Å². The first-order valence-corrected chi connectivity index (χ1v) is 9.14. The molecule has 0 saturated carbocycles. The molecule has 1 fully saturated rings. The summed E-state index contributed by atoms with van der Waals surface area (Å²) in [5, 5.41) is 8.80. The van der Waals surface area contributed by atoms with E-state index in [9.17, 15) is 13.2 Å². The average Bonchev–Trinajstić information content (AvgIpc) is 3.05. The fourth-order valence-corrected chi connectivity index (χ4v) is 4.43. The van der Waals surface area contributed by atoms with Crippen LogP contribution in [-0.2, 0) is 16.4 Å². The SMILES string of the molecule is O=C(O)c1ccnc(S(=O)(=O)N2CCC(Cc3ccccc3)C2)c1. The first kappa shape index (κ1) is 16.6. The highest BCUT2D eigenvalue weighted by Crippen LogP contribution is 2.26. The minimum absolute atomic E-state index is 0.0800. The number of pyridine rings is 1. The lowest BCUT2D eigenvalue weighted by molar-refractivity contribution is 0.0696. The van der Waals surface area contributed by atoms with Gasteiger partial charge in [0.1, 0.15) is 0 Å². The molecular weight excluding hydrogens is 328 g/mol. The van der Waals surface area contributed by atoms with E-state index < -0.39 is 16.0 Å². The first-order valence-electron chi connectivity index (χ1n) is 7.70. The molecule has 0 radical (unpaired) electrons. The van der Waals surface area contributed by atoms with Gasteiger partial charge in [-0.15, -0.1) is 0 Å². The fraction of sp³-hybridized carbons (Fsp3) is 0.294. The van der Waals surface area contributed by atoms with Crippen molar-refractivity contribution in [3.8, 4) is 0 Å². The first-order chi connectivity index (χ1) is 11.5. The van der Waals surface area contributed by atoms with E-state index in [1.54, 1.807) is 0 Å². The summed E-state index contributed by atoms with van der Waals surface area (Å²) in [6.07, 6.45) is 2.83. The van der Waals surface area contributed by atoms with Gasteiger partial charge in [0.05, 0.1) is 5.56 Å². The van der Waals surface area contributed by atoms with Crippen LogP contribution in [0.5, 0.6) is 0 Å². The summed E-state index contributed by atoms with van der Waals surface area (Å²) in [6.45, 7) is 0.856. The Bertz CT molecular complexity index is 837. The number of hydrogen-bond acceptors (Lipinski definition) is 4. The Kier molecular flexibility index (Phi) is 4.64. The van der Waals surface area contributed by atoms with Crippen molar-refractivity contribution < 1.29 is 18.3 Å². The standard InChI is InChI=1S/C17H18N2O4S/c20-17(21)15-6-8-18-16(11-15)24(22,23)19-9-7-14(12-19)10-13-4-2-1-3-5-13/h1-6,8,11,14H,7,9-10,12H2,(H,20,21). The van der Waals surface area contributed by atoms with Crippen LogP contribution < -0.4 is 0 Å². The molecule has 1 saturated heterocycles. The van der Waals surface area contributed by atoms with Crippen LogP contribution in [0.4, 0.5) is 0 Å². The zero-order valence-electron chi connectivity index (χ0n) is 13.0. The van der Waals surface area contributed by atoms with Gasteiger partial charge in [0.2, 0.25) is 0 Å². The van der Waals surface area contributed by atoms with Gasteiger partial charge < -0.3 is 5.11 Å². The van der Waals surface area contributed by atoms with Crippen LogP contribution in [0.25, 0.3) is 0 Å². The van der Waals surface area contributed by atoms with Crippen LogP contribution >= 0.6 is 0 Å². The minimum Gasteiger partial charge on any atom is -0.478 e. The number of carboxylic acids is 1. The van der Waals surface area contributed by atoms with Crippen LogP contribution in [0.3, 0.4) is 0 Å². The minimum atomic E-state index is -3.76. The fourth-order valence-electron chi connectivity index (χ4n) is 2.95. The number of benzene rings is 1. The number of sulfonamides is 1. The monoisotopic (exact) mass is 346 g/mol. The van der Waals surface area contributed by atoms with E-state index >= 15 is 0 Å². The van der Waals surface area contributed by atoms with E-state index in [-0.39, 0.29) is 16.5 Å². The summed E-state index contributed by atoms with van der Waals surface area (Å²) >= 11 is 0. The van der Waals surface area contributed by atoms with E-state index in [0.717, 1.165) is 18.9 Å². The second kappa shape index (κ2) is 6.70. The number of hydrogen-bond donors (Lipinski definition) is 1. The molecule has 1 unspecified atom stereocenters. The lowest BCUT2D eigenvalue weighted by Gasteiger charge is -2.16. The van der Waals surface area contributed by atoms with Gasteiger partial charge in [-0.1, -0.05) is 30.3 Å². The Morgan fingerprint density at radius 1 is 1.25 bits per heavy atom. The van der Waals surface area contributed by atoms with E-state index in [2.05, 4.69) is 4.98 Å². The van der Waals surface area contributed by atoms with Gasteiger partial charge in [0.25, 0.3) is 10.0 Å². The summed E-state index contributed by atoms with van der Waals surface area (Å²) in [4.78, 5) is 14.9. The summed E-state index contributed by atoms with van der Waals surface area (Å²) < 4.78 is 26.8. The van der Waals surface area contributed by atoms with Gasteiger partial charge in [0, 0.05) is 19.3 Å². The summed E-state index contributed by atoms with van der Waals surface area (Å²) in [5.41, 5.74) is 1.11. The van der Waals surface area contributed by atoms with E-state index in [1.807, 2.05) is 30.3 Å². The Morgan fingerprint density at radius 3 is 2.71 bits per heavy atom. The lowest BCUT2D eigenvalue weighted by Crippen LogP contribution is -2.30. The molecule has 24 heavy (non-hydrogen) atoms. The highest BCUT2D eigenvalue weighted by Gasteiger charge is 2.33. The number of aromatic nitrogens is 1. The Labute approximate surface area is 140 Å². The third kappa shape index (κ3) is 3.47. The van der Waals surface area contributed by atoms with Crippen molar-refractivity contribution in [1.82, 2.24) is 9.29 Å². The molecule has 2 aromatic rings. The van der Waals surface area contributed by atoms with Crippen molar-refractivity contribution in [3.63, 3.8) is 0 Å². The van der Waals surface area contributed by atoms with Gasteiger partial charge >= 0.3 is 5.97 Å². The maximum atomic E-state index is 12.7. The van der Waals surface area contributed by atoms with Gasteiger partial charge in [-0.2, -0.15) is 4.31 Å². The second-order valence-corrected chi connectivity index (χ2v) is 7.78. The Hall–Kier alpha value is -2.25.